The summed E-state index contributed by atoms with van der Waals surface area (Å²) < 4.78 is 5.41. The van der Waals surface area contributed by atoms with Crippen molar-refractivity contribution >= 4 is 33.6 Å². The average Bonchev–Trinajstić information content (AvgIpc) is 3.19. The van der Waals surface area contributed by atoms with Crippen LogP contribution < -0.4 is 5.63 Å². The van der Waals surface area contributed by atoms with E-state index < -0.39 is 0 Å². The predicted octanol–water partition coefficient (Wildman–Crippen LogP) is 4.84. The average molecular weight is 366 g/mol. The van der Waals surface area contributed by atoms with E-state index in [1.807, 2.05) is 29.6 Å². The third-order valence-corrected chi connectivity index (χ3v) is 6.05. The molecule has 1 aromatic carbocycles. The molecule has 3 aromatic heterocycles. The van der Waals surface area contributed by atoms with Crippen molar-refractivity contribution in [3.8, 4) is 11.3 Å². The first-order valence-electron chi connectivity index (χ1n) is 8.18. The Labute approximate surface area is 151 Å². The molecule has 3 heterocycles. The molecule has 1 aliphatic carbocycles. The summed E-state index contributed by atoms with van der Waals surface area (Å²) in [5.74, 6) is 0.680. The van der Waals surface area contributed by atoms with Crippen LogP contribution in [0.1, 0.15) is 34.5 Å². The van der Waals surface area contributed by atoms with Crippen LogP contribution in [0.5, 0.6) is 0 Å². The van der Waals surface area contributed by atoms with Crippen molar-refractivity contribution in [2.45, 2.75) is 25.2 Å². The van der Waals surface area contributed by atoms with Gasteiger partial charge in [-0.25, -0.2) is 14.8 Å². The molecular formula is C19H14N2O2S2. The second-order valence-corrected chi connectivity index (χ2v) is 8.11. The van der Waals surface area contributed by atoms with Gasteiger partial charge in [0.2, 0.25) is 0 Å². The maximum atomic E-state index is 12.3. The fourth-order valence-electron chi connectivity index (χ4n) is 2.86. The molecule has 0 radical (unpaired) electrons. The first kappa shape index (κ1) is 15.0. The van der Waals surface area contributed by atoms with Gasteiger partial charge in [0, 0.05) is 22.1 Å². The molecule has 5 rings (SSSR count). The highest BCUT2D eigenvalue weighted by molar-refractivity contribution is 7.11. The number of aromatic nitrogens is 2. The van der Waals surface area contributed by atoms with Crippen LogP contribution in [0.15, 0.2) is 50.3 Å². The van der Waals surface area contributed by atoms with Gasteiger partial charge in [-0.1, -0.05) is 18.2 Å². The molecule has 0 atom stereocenters. The van der Waals surface area contributed by atoms with E-state index in [0.29, 0.717) is 22.8 Å². The number of thiazole rings is 2. The van der Waals surface area contributed by atoms with Gasteiger partial charge in [-0.15, -0.1) is 22.7 Å². The van der Waals surface area contributed by atoms with E-state index in [-0.39, 0.29) is 5.63 Å². The van der Waals surface area contributed by atoms with Crippen LogP contribution >= 0.6 is 22.7 Å². The summed E-state index contributed by atoms with van der Waals surface area (Å²) in [6.07, 6.45) is 3.26. The molecule has 0 N–H and O–H groups in total. The van der Waals surface area contributed by atoms with Crippen LogP contribution in [0.2, 0.25) is 0 Å². The van der Waals surface area contributed by atoms with Crippen LogP contribution in [0.4, 0.5) is 0 Å². The molecule has 0 unspecified atom stereocenters. The number of nitrogens with zero attached hydrogens (tertiary/aromatic N) is 2. The lowest BCUT2D eigenvalue weighted by Gasteiger charge is -1.99. The van der Waals surface area contributed by atoms with Gasteiger partial charge in [0.05, 0.1) is 28.4 Å². The van der Waals surface area contributed by atoms with Crippen molar-refractivity contribution in [2.24, 2.45) is 0 Å². The van der Waals surface area contributed by atoms with E-state index in [2.05, 4.69) is 10.4 Å². The maximum absolute atomic E-state index is 12.3. The van der Waals surface area contributed by atoms with Crippen molar-refractivity contribution in [1.82, 2.24) is 9.97 Å². The first-order chi connectivity index (χ1) is 12.3. The Hall–Kier alpha value is -2.31. The number of hydrogen-bond donors (Lipinski definition) is 0. The molecule has 0 bridgehead atoms. The number of hydrogen-bond acceptors (Lipinski definition) is 6. The van der Waals surface area contributed by atoms with Crippen LogP contribution in [0.3, 0.4) is 0 Å². The van der Waals surface area contributed by atoms with Crippen molar-refractivity contribution < 1.29 is 4.42 Å². The Morgan fingerprint density at radius 3 is 2.76 bits per heavy atom. The molecule has 6 heteroatoms. The summed E-state index contributed by atoms with van der Waals surface area (Å²) in [5, 5.41) is 7.05. The highest BCUT2D eigenvalue weighted by Crippen LogP contribution is 2.40. The topological polar surface area (TPSA) is 56.0 Å². The van der Waals surface area contributed by atoms with Crippen LogP contribution in [-0.2, 0) is 6.42 Å². The highest BCUT2D eigenvalue weighted by Gasteiger charge is 2.26. The van der Waals surface area contributed by atoms with Gasteiger partial charge in [-0.3, -0.25) is 0 Å². The smallest absolute Gasteiger partial charge is 0.345 e. The minimum Gasteiger partial charge on any atom is -0.422 e. The fraction of sp³-hybridized carbons (Fsp3) is 0.211. The molecule has 0 saturated heterocycles. The summed E-state index contributed by atoms with van der Waals surface area (Å²) in [4.78, 5) is 21.6. The predicted molar refractivity (Wildman–Crippen MR) is 100 cm³/mol. The SMILES string of the molecule is O=c1oc2ccccc2cc1-c1csc(Cc2nc(C3CC3)cs2)n1. The summed E-state index contributed by atoms with van der Waals surface area (Å²) in [6.45, 7) is 0. The second-order valence-electron chi connectivity index (χ2n) is 6.23. The van der Waals surface area contributed by atoms with E-state index in [1.165, 1.54) is 18.5 Å². The van der Waals surface area contributed by atoms with Gasteiger partial charge < -0.3 is 4.42 Å². The van der Waals surface area contributed by atoms with Gasteiger partial charge in [0.15, 0.2) is 0 Å². The zero-order valence-corrected chi connectivity index (χ0v) is 14.9. The molecule has 4 aromatic rings. The standard InChI is InChI=1S/C19H14N2O2S2/c22-19-13(7-12-3-1-2-4-16(12)23-19)15-10-25-18(21-15)8-17-20-14(9-24-17)11-5-6-11/h1-4,7,9-11H,5-6,8H2. The van der Waals surface area contributed by atoms with Gasteiger partial charge in [-0.05, 0) is 25.0 Å². The number of para-hydroxylation sites is 1. The van der Waals surface area contributed by atoms with Gasteiger partial charge in [0.1, 0.15) is 10.6 Å². The third-order valence-electron chi connectivity index (χ3n) is 4.34. The quantitative estimate of drug-likeness (QED) is 0.485. The minimum atomic E-state index is -0.346. The fourth-order valence-corrected chi connectivity index (χ4v) is 4.63. The molecule has 4 nitrogen and oxygen atoms in total. The minimum absolute atomic E-state index is 0.346. The maximum Gasteiger partial charge on any atom is 0.345 e. The molecule has 124 valence electrons. The lowest BCUT2D eigenvalue weighted by molar-refractivity contribution is 0.563. The largest absolute Gasteiger partial charge is 0.422 e. The van der Waals surface area contributed by atoms with Crippen molar-refractivity contribution in [2.75, 3.05) is 0 Å². The Balaban J connectivity index is 1.45. The van der Waals surface area contributed by atoms with Gasteiger partial charge in [-0.2, -0.15) is 0 Å². The number of rotatable bonds is 4. The molecule has 25 heavy (non-hydrogen) atoms. The molecule has 1 saturated carbocycles. The summed E-state index contributed by atoms with van der Waals surface area (Å²) in [7, 11) is 0. The zero-order chi connectivity index (χ0) is 16.8. The van der Waals surface area contributed by atoms with Crippen LogP contribution in [0.25, 0.3) is 22.2 Å². The van der Waals surface area contributed by atoms with Crippen molar-refractivity contribution in [3.63, 3.8) is 0 Å². The Kier molecular flexibility index (Phi) is 3.53. The molecule has 0 amide bonds. The van der Waals surface area contributed by atoms with Crippen LogP contribution in [-0.4, -0.2) is 9.97 Å². The second kappa shape index (κ2) is 5.89. The van der Waals surface area contributed by atoms with Gasteiger partial charge >= 0.3 is 5.63 Å². The summed E-state index contributed by atoms with van der Waals surface area (Å²) >= 11 is 3.26. The molecular weight excluding hydrogens is 352 g/mol. The highest BCUT2D eigenvalue weighted by atomic mass is 32.1. The van der Waals surface area contributed by atoms with Crippen molar-refractivity contribution in [1.29, 1.82) is 0 Å². The van der Waals surface area contributed by atoms with E-state index in [1.54, 1.807) is 28.7 Å². The molecule has 0 spiro atoms. The summed E-state index contributed by atoms with van der Waals surface area (Å²) in [5.41, 5.74) is 2.67. The lowest BCUT2D eigenvalue weighted by Crippen LogP contribution is -2.03. The van der Waals surface area contributed by atoms with E-state index >= 15 is 0 Å². The molecule has 0 aliphatic heterocycles. The zero-order valence-electron chi connectivity index (χ0n) is 13.3. The Bertz CT molecular complexity index is 1120. The van der Waals surface area contributed by atoms with E-state index in [4.69, 9.17) is 9.40 Å². The lowest BCUT2D eigenvalue weighted by atomic mass is 10.1. The number of benzene rings is 1. The Morgan fingerprint density at radius 2 is 1.88 bits per heavy atom. The first-order valence-corrected chi connectivity index (χ1v) is 9.94. The molecule has 1 aliphatic rings. The molecule has 1 fully saturated rings. The van der Waals surface area contributed by atoms with Crippen LogP contribution in [0, 0.1) is 0 Å². The van der Waals surface area contributed by atoms with E-state index in [9.17, 15) is 4.79 Å². The normalized spacial score (nSPS) is 14.2. The van der Waals surface area contributed by atoms with Crippen molar-refractivity contribution in [3.05, 3.63) is 67.2 Å². The summed E-state index contributed by atoms with van der Waals surface area (Å²) in [6, 6.07) is 9.37. The van der Waals surface area contributed by atoms with Gasteiger partial charge in [0.25, 0.3) is 0 Å². The Morgan fingerprint density at radius 1 is 1.08 bits per heavy atom. The third kappa shape index (κ3) is 2.92. The monoisotopic (exact) mass is 366 g/mol. The number of fused-ring (bicyclic) bond motifs is 1. The van der Waals surface area contributed by atoms with E-state index in [0.717, 1.165) is 21.8 Å².